The number of ether oxygens (including phenoxy) is 5. The fourth-order valence-electron chi connectivity index (χ4n) is 2.39. The molecule has 5 N–H and O–H groups in total. The molecule has 3 aliphatic heterocycles. The van der Waals surface area contributed by atoms with Gasteiger partial charge in [0.2, 0.25) is 12.6 Å². The van der Waals surface area contributed by atoms with Gasteiger partial charge >= 0.3 is 0 Å². The molecule has 0 aliphatic carbocycles. The molecule has 0 aromatic heterocycles. The fourth-order valence-corrected chi connectivity index (χ4v) is 2.39. The Bertz CT molecular complexity index is 431. The van der Waals surface area contributed by atoms with Crippen LogP contribution < -0.4 is 11.5 Å². The van der Waals surface area contributed by atoms with Crippen LogP contribution in [0.3, 0.4) is 0 Å². The number of aliphatic hydroxyl groups is 1. The average molecular weight is 290 g/mol. The van der Waals surface area contributed by atoms with E-state index in [0.29, 0.717) is 0 Å². The molecule has 3 saturated heterocycles. The SMILES string of the molecule is NC(=O)C1OCC(C2OC3OC(C(N)=O)OC3C2O)O1. The molecule has 3 heterocycles. The second kappa shape index (κ2) is 4.91. The molecule has 0 aromatic rings. The van der Waals surface area contributed by atoms with Crippen molar-refractivity contribution in [2.75, 3.05) is 6.61 Å². The third kappa shape index (κ3) is 2.16. The van der Waals surface area contributed by atoms with Crippen LogP contribution in [0.4, 0.5) is 0 Å². The number of rotatable bonds is 3. The maximum Gasteiger partial charge on any atom is 0.274 e. The lowest BCUT2D eigenvalue weighted by molar-refractivity contribution is -0.193. The normalized spacial score (nSPS) is 47.4. The van der Waals surface area contributed by atoms with Gasteiger partial charge < -0.3 is 40.3 Å². The van der Waals surface area contributed by atoms with Gasteiger partial charge in [-0.1, -0.05) is 0 Å². The van der Waals surface area contributed by atoms with E-state index in [1.165, 1.54) is 0 Å². The van der Waals surface area contributed by atoms with Crippen LogP contribution in [0, 0.1) is 0 Å². The van der Waals surface area contributed by atoms with Gasteiger partial charge in [0, 0.05) is 0 Å². The highest BCUT2D eigenvalue weighted by molar-refractivity contribution is 5.78. The molecule has 0 aromatic carbocycles. The Balaban J connectivity index is 1.62. The molecule has 2 amide bonds. The molecule has 10 nitrogen and oxygen atoms in total. The maximum atomic E-state index is 10.9. The third-order valence-corrected chi connectivity index (χ3v) is 3.31. The van der Waals surface area contributed by atoms with Crippen molar-refractivity contribution in [3.8, 4) is 0 Å². The molecule has 3 aliphatic rings. The first-order valence-corrected chi connectivity index (χ1v) is 5.97. The standard InChI is InChI=1S/C10H14N2O8/c11-6(14)9-16-1-2(17-9)4-3(13)5-8(18-4)20-10(19-5)7(12)15/h2-5,8-10,13H,1H2,(H2,11,14)(H2,12,15). The number of aliphatic hydroxyl groups excluding tert-OH is 1. The van der Waals surface area contributed by atoms with E-state index < -0.39 is 55.1 Å². The lowest BCUT2D eigenvalue weighted by Crippen LogP contribution is -2.42. The highest BCUT2D eigenvalue weighted by Gasteiger charge is 2.56. The third-order valence-electron chi connectivity index (χ3n) is 3.31. The van der Waals surface area contributed by atoms with Crippen LogP contribution in [-0.2, 0) is 33.3 Å². The van der Waals surface area contributed by atoms with Crippen molar-refractivity contribution < 1.29 is 38.4 Å². The first-order valence-electron chi connectivity index (χ1n) is 5.97. The highest BCUT2D eigenvalue weighted by Crippen LogP contribution is 2.35. The van der Waals surface area contributed by atoms with Gasteiger partial charge in [-0.15, -0.1) is 0 Å². The van der Waals surface area contributed by atoms with E-state index in [2.05, 4.69) is 0 Å². The van der Waals surface area contributed by atoms with Crippen LogP contribution >= 0.6 is 0 Å². The topological polar surface area (TPSA) is 153 Å². The van der Waals surface area contributed by atoms with E-state index in [-0.39, 0.29) is 6.61 Å². The summed E-state index contributed by atoms with van der Waals surface area (Å²) in [6, 6.07) is 0. The van der Waals surface area contributed by atoms with Crippen molar-refractivity contribution in [3.63, 3.8) is 0 Å². The quantitative estimate of drug-likeness (QED) is 0.484. The largest absolute Gasteiger partial charge is 0.387 e. The van der Waals surface area contributed by atoms with Crippen LogP contribution in [-0.4, -0.2) is 66.8 Å². The molecule has 7 atom stereocenters. The lowest BCUT2D eigenvalue weighted by Gasteiger charge is -2.22. The summed E-state index contributed by atoms with van der Waals surface area (Å²) in [6.45, 7) is 0.0357. The van der Waals surface area contributed by atoms with Gasteiger partial charge in [0.1, 0.15) is 24.4 Å². The molecule has 0 saturated carbocycles. The molecule has 20 heavy (non-hydrogen) atoms. The molecule has 0 radical (unpaired) electrons. The zero-order valence-electron chi connectivity index (χ0n) is 10.2. The van der Waals surface area contributed by atoms with E-state index in [9.17, 15) is 14.7 Å². The lowest BCUT2D eigenvalue weighted by atomic mass is 10.1. The van der Waals surface area contributed by atoms with E-state index in [4.69, 9.17) is 35.2 Å². The number of hydrogen-bond donors (Lipinski definition) is 3. The van der Waals surface area contributed by atoms with E-state index >= 15 is 0 Å². The summed E-state index contributed by atoms with van der Waals surface area (Å²) in [5, 5.41) is 10.1. The first-order chi connectivity index (χ1) is 9.47. The Morgan fingerprint density at radius 2 is 1.65 bits per heavy atom. The van der Waals surface area contributed by atoms with Crippen molar-refractivity contribution >= 4 is 11.8 Å². The minimum absolute atomic E-state index is 0.0357. The predicted octanol–water partition coefficient (Wildman–Crippen LogP) is -3.47. The van der Waals surface area contributed by atoms with Crippen molar-refractivity contribution in [1.29, 1.82) is 0 Å². The minimum atomic E-state index is -1.25. The van der Waals surface area contributed by atoms with Crippen LogP contribution in [0.2, 0.25) is 0 Å². The average Bonchev–Trinajstić information content (AvgIpc) is 3.05. The zero-order chi connectivity index (χ0) is 14.4. The Labute approximate surface area is 112 Å². The van der Waals surface area contributed by atoms with Crippen LogP contribution in [0.5, 0.6) is 0 Å². The second-order valence-corrected chi connectivity index (χ2v) is 4.67. The summed E-state index contributed by atoms with van der Waals surface area (Å²) in [6.07, 6.45) is -6.81. The first kappa shape index (κ1) is 13.7. The summed E-state index contributed by atoms with van der Waals surface area (Å²) in [5.41, 5.74) is 10.1. The molecule has 112 valence electrons. The Morgan fingerprint density at radius 1 is 0.950 bits per heavy atom. The van der Waals surface area contributed by atoms with Crippen molar-refractivity contribution in [3.05, 3.63) is 0 Å². The number of fused-ring (bicyclic) bond motifs is 1. The van der Waals surface area contributed by atoms with E-state index in [0.717, 1.165) is 0 Å². The highest BCUT2D eigenvalue weighted by atomic mass is 16.8. The predicted molar refractivity (Wildman–Crippen MR) is 57.4 cm³/mol. The zero-order valence-corrected chi connectivity index (χ0v) is 10.2. The molecular formula is C10H14N2O8. The van der Waals surface area contributed by atoms with Gasteiger partial charge in [-0.05, 0) is 0 Å². The van der Waals surface area contributed by atoms with Gasteiger partial charge in [0.15, 0.2) is 6.29 Å². The van der Waals surface area contributed by atoms with E-state index in [1.54, 1.807) is 0 Å². The molecule has 3 fully saturated rings. The van der Waals surface area contributed by atoms with Crippen molar-refractivity contribution in [2.45, 2.75) is 43.3 Å². The molecule has 7 unspecified atom stereocenters. The smallest absolute Gasteiger partial charge is 0.274 e. The summed E-state index contributed by atoms with van der Waals surface area (Å²) < 4.78 is 26.0. The van der Waals surface area contributed by atoms with Crippen LogP contribution in [0.25, 0.3) is 0 Å². The monoisotopic (exact) mass is 290 g/mol. The van der Waals surface area contributed by atoms with Crippen molar-refractivity contribution in [1.82, 2.24) is 0 Å². The molecule has 0 bridgehead atoms. The van der Waals surface area contributed by atoms with Crippen LogP contribution in [0.1, 0.15) is 0 Å². The Morgan fingerprint density at radius 3 is 2.20 bits per heavy atom. The molecule has 3 rings (SSSR count). The van der Waals surface area contributed by atoms with Crippen LogP contribution in [0.15, 0.2) is 0 Å². The Hall–Kier alpha value is -1.30. The molecular weight excluding hydrogens is 276 g/mol. The van der Waals surface area contributed by atoms with Gasteiger partial charge in [0.25, 0.3) is 11.8 Å². The van der Waals surface area contributed by atoms with Gasteiger partial charge in [-0.2, -0.15) is 0 Å². The maximum absolute atomic E-state index is 10.9. The number of primary amides is 2. The fraction of sp³-hybridized carbons (Fsp3) is 0.800. The summed E-state index contributed by atoms with van der Waals surface area (Å²) in [4.78, 5) is 21.9. The number of amides is 2. The van der Waals surface area contributed by atoms with Gasteiger partial charge in [0.05, 0.1) is 6.61 Å². The second-order valence-electron chi connectivity index (χ2n) is 4.67. The summed E-state index contributed by atoms with van der Waals surface area (Å²) in [5.74, 6) is -1.57. The molecule has 10 heteroatoms. The van der Waals surface area contributed by atoms with Crippen molar-refractivity contribution in [2.24, 2.45) is 11.5 Å². The summed E-state index contributed by atoms with van der Waals surface area (Å²) in [7, 11) is 0. The Kier molecular flexibility index (Phi) is 3.36. The summed E-state index contributed by atoms with van der Waals surface area (Å²) >= 11 is 0. The minimum Gasteiger partial charge on any atom is -0.387 e. The molecule has 0 spiro atoms. The van der Waals surface area contributed by atoms with E-state index in [1.807, 2.05) is 0 Å². The number of hydrogen-bond acceptors (Lipinski definition) is 8. The number of carbonyl (C=O) groups is 2. The van der Waals surface area contributed by atoms with Gasteiger partial charge in [-0.3, -0.25) is 9.59 Å². The van der Waals surface area contributed by atoms with Gasteiger partial charge in [-0.25, -0.2) is 0 Å². The number of carbonyl (C=O) groups excluding carboxylic acids is 2. The number of nitrogens with two attached hydrogens (primary N) is 2.